The highest BCUT2D eigenvalue weighted by atomic mass is 16.6. The molecular formula is C26H39N5O4. The van der Waals surface area contributed by atoms with Crippen LogP contribution in [0.3, 0.4) is 0 Å². The number of nitrogens with zero attached hydrogens (tertiary/aromatic N) is 4. The number of nitrogens with one attached hydrogen (secondary N) is 1. The summed E-state index contributed by atoms with van der Waals surface area (Å²) in [6.07, 6.45) is 0.775. The van der Waals surface area contributed by atoms with Crippen LogP contribution >= 0.6 is 0 Å². The van der Waals surface area contributed by atoms with Gasteiger partial charge in [-0.25, -0.2) is 4.79 Å². The molecule has 0 bridgehead atoms. The first-order valence-electron chi connectivity index (χ1n) is 12.8. The molecule has 1 N–H and O–H groups in total. The van der Waals surface area contributed by atoms with E-state index in [9.17, 15) is 14.4 Å². The zero-order valence-corrected chi connectivity index (χ0v) is 21.3. The molecule has 3 fully saturated rings. The number of piperidine rings is 1. The fourth-order valence-electron chi connectivity index (χ4n) is 4.92. The van der Waals surface area contributed by atoms with Gasteiger partial charge in [-0.15, -0.1) is 0 Å². The van der Waals surface area contributed by atoms with Crippen LogP contribution in [0.5, 0.6) is 0 Å². The van der Waals surface area contributed by atoms with Crippen LogP contribution in [0, 0.1) is 0 Å². The predicted octanol–water partition coefficient (Wildman–Crippen LogP) is 1.88. The van der Waals surface area contributed by atoms with Crippen LogP contribution in [0.1, 0.15) is 45.1 Å². The summed E-state index contributed by atoms with van der Waals surface area (Å²) in [6.45, 7) is 15.0. The van der Waals surface area contributed by atoms with Gasteiger partial charge < -0.3 is 14.5 Å². The molecule has 0 aliphatic carbocycles. The summed E-state index contributed by atoms with van der Waals surface area (Å²) in [5.74, 6) is -0.595. The number of rotatable bonds is 5. The molecule has 3 aliphatic rings. The highest BCUT2D eigenvalue weighted by molar-refractivity contribution is 6.00. The second-order valence-electron chi connectivity index (χ2n) is 10.7. The Labute approximate surface area is 208 Å². The molecule has 1 unspecified atom stereocenters. The molecule has 9 heteroatoms. The zero-order valence-electron chi connectivity index (χ0n) is 21.3. The minimum absolute atomic E-state index is 0.177. The molecule has 0 spiro atoms. The van der Waals surface area contributed by atoms with E-state index >= 15 is 0 Å². The highest BCUT2D eigenvalue weighted by Gasteiger charge is 2.29. The maximum Gasteiger partial charge on any atom is 0.410 e. The van der Waals surface area contributed by atoms with E-state index in [1.165, 1.54) is 5.69 Å². The molecule has 192 valence electrons. The molecule has 0 saturated carbocycles. The third-order valence-electron chi connectivity index (χ3n) is 7.03. The number of hydrogen-bond acceptors (Lipinski definition) is 7. The van der Waals surface area contributed by atoms with Crippen molar-refractivity contribution in [1.29, 1.82) is 0 Å². The Morgan fingerprint density at radius 3 is 2.03 bits per heavy atom. The number of piperazine rings is 2. The summed E-state index contributed by atoms with van der Waals surface area (Å²) in [6, 6.07) is 8.25. The highest BCUT2D eigenvalue weighted by Crippen LogP contribution is 2.27. The van der Waals surface area contributed by atoms with Crippen molar-refractivity contribution in [2.45, 2.75) is 45.1 Å². The average Bonchev–Trinajstić information content (AvgIpc) is 2.83. The maximum atomic E-state index is 12.2. The summed E-state index contributed by atoms with van der Waals surface area (Å²) in [4.78, 5) is 44.9. The predicted molar refractivity (Wildman–Crippen MR) is 134 cm³/mol. The lowest BCUT2D eigenvalue weighted by Gasteiger charge is -2.39. The first-order valence-corrected chi connectivity index (χ1v) is 12.8. The largest absolute Gasteiger partial charge is 0.444 e. The molecule has 1 atom stereocenters. The van der Waals surface area contributed by atoms with Gasteiger partial charge in [0.05, 0.1) is 5.92 Å². The number of ether oxygens (including phenoxy) is 1. The smallest absolute Gasteiger partial charge is 0.410 e. The van der Waals surface area contributed by atoms with Crippen molar-refractivity contribution in [1.82, 2.24) is 20.0 Å². The van der Waals surface area contributed by atoms with E-state index < -0.39 is 5.60 Å². The topological polar surface area (TPSA) is 85.4 Å². The lowest BCUT2D eigenvalue weighted by atomic mass is 9.90. The number of hydrogen-bond donors (Lipinski definition) is 1. The van der Waals surface area contributed by atoms with E-state index in [0.29, 0.717) is 12.8 Å². The molecule has 1 aromatic rings. The van der Waals surface area contributed by atoms with Gasteiger partial charge in [0.25, 0.3) is 0 Å². The van der Waals surface area contributed by atoms with E-state index in [-0.39, 0.29) is 23.8 Å². The number of amides is 3. The van der Waals surface area contributed by atoms with Crippen LogP contribution in [0.25, 0.3) is 0 Å². The Hall–Kier alpha value is -2.65. The van der Waals surface area contributed by atoms with Crippen molar-refractivity contribution in [3.63, 3.8) is 0 Å². The average molecular weight is 486 g/mol. The second kappa shape index (κ2) is 11.0. The van der Waals surface area contributed by atoms with Crippen molar-refractivity contribution in [2.24, 2.45) is 0 Å². The summed E-state index contributed by atoms with van der Waals surface area (Å²) in [5, 5.41) is 2.44. The SMILES string of the molecule is CC(C)(C)OC(=O)N1CCN(CCN2CCN(c3ccc(C4CCC(=O)NC4=O)cc3)CC2)CC1. The molecule has 35 heavy (non-hydrogen) atoms. The second-order valence-corrected chi connectivity index (χ2v) is 10.7. The number of carbonyl (C=O) groups excluding carboxylic acids is 3. The molecule has 3 amide bonds. The third-order valence-corrected chi connectivity index (χ3v) is 7.03. The molecule has 1 aromatic carbocycles. The van der Waals surface area contributed by atoms with E-state index in [1.54, 1.807) is 0 Å². The Bertz CT molecular complexity index is 897. The first kappa shape index (κ1) is 25.4. The van der Waals surface area contributed by atoms with Gasteiger partial charge in [-0.05, 0) is 44.9 Å². The molecule has 9 nitrogen and oxygen atoms in total. The van der Waals surface area contributed by atoms with Crippen molar-refractivity contribution >= 4 is 23.6 Å². The van der Waals surface area contributed by atoms with E-state index in [4.69, 9.17) is 4.74 Å². The zero-order chi connectivity index (χ0) is 25.0. The molecule has 3 saturated heterocycles. The Kier molecular flexibility index (Phi) is 7.96. The first-order chi connectivity index (χ1) is 16.7. The minimum atomic E-state index is -0.452. The minimum Gasteiger partial charge on any atom is -0.444 e. The molecule has 4 rings (SSSR count). The number of benzene rings is 1. The molecule has 0 aromatic heterocycles. The summed E-state index contributed by atoms with van der Waals surface area (Å²) in [5.41, 5.74) is 1.70. The van der Waals surface area contributed by atoms with Crippen LogP contribution in [0.2, 0.25) is 0 Å². The Morgan fingerprint density at radius 1 is 0.914 bits per heavy atom. The fourth-order valence-corrected chi connectivity index (χ4v) is 4.92. The van der Waals surface area contributed by atoms with Crippen molar-refractivity contribution in [3.8, 4) is 0 Å². The van der Waals surface area contributed by atoms with Gasteiger partial charge in [0.2, 0.25) is 11.8 Å². The summed E-state index contributed by atoms with van der Waals surface area (Å²) < 4.78 is 5.49. The number of imide groups is 1. The Balaban J connectivity index is 1.16. The molecule has 3 heterocycles. The van der Waals surface area contributed by atoms with Gasteiger partial charge in [-0.3, -0.25) is 24.7 Å². The van der Waals surface area contributed by atoms with Gasteiger partial charge in [-0.1, -0.05) is 12.1 Å². The van der Waals surface area contributed by atoms with Gasteiger partial charge in [0, 0.05) is 77.6 Å². The van der Waals surface area contributed by atoms with Crippen molar-refractivity contribution in [2.75, 3.05) is 70.3 Å². The van der Waals surface area contributed by atoms with E-state index in [1.807, 2.05) is 37.8 Å². The van der Waals surface area contributed by atoms with Crippen LogP contribution in [-0.2, 0) is 14.3 Å². The fraction of sp³-hybridized carbons (Fsp3) is 0.654. The molecular weight excluding hydrogens is 446 g/mol. The summed E-state index contributed by atoms with van der Waals surface area (Å²) >= 11 is 0. The van der Waals surface area contributed by atoms with Crippen LogP contribution in [0.4, 0.5) is 10.5 Å². The van der Waals surface area contributed by atoms with Gasteiger partial charge in [0.1, 0.15) is 5.60 Å². The van der Waals surface area contributed by atoms with E-state index in [0.717, 1.165) is 71.0 Å². The van der Waals surface area contributed by atoms with Crippen molar-refractivity contribution in [3.05, 3.63) is 29.8 Å². The van der Waals surface area contributed by atoms with E-state index in [2.05, 4.69) is 32.1 Å². The number of anilines is 1. The molecule has 3 aliphatic heterocycles. The standard InChI is InChI=1S/C26H39N5O4/c1-26(2,3)35-25(34)31-18-14-29(15-19-31)11-10-28-12-16-30(17-13-28)21-6-4-20(5-7-21)22-8-9-23(32)27-24(22)33/h4-7,22H,8-19H2,1-3H3,(H,27,32,33). The lowest BCUT2D eigenvalue weighted by Crippen LogP contribution is -2.53. The van der Waals surface area contributed by atoms with Gasteiger partial charge in [-0.2, -0.15) is 0 Å². The Morgan fingerprint density at radius 2 is 1.49 bits per heavy atom. The maximum absolute atomic E-state index is 12.2. The number of carbonyl (C=O) groups is 3. The normalized spacial score (nSPS) is 22.8. The van der Waals surface area contributed by atoms with Crippen molar-refractivity contribution < 1.29 is 19.1 Å². The quantitative estimate of drug-likeness (QED) is 0.638. The van der Waals surface area contributed by atoms with Crippen LogP contribution in [-0.4, -0.2) is 104 Å². The molecule has 0 radical (unpaired) electrons. The third kappa shape index (κ3) is 6.95. The monoisotopic (exact) mass is 485 g/mol. The van der Waals surface area contributed by atoms with Crippen LogP contribution in [0.15, 0.2) is 24.3 Å². The van der Waals surface area contributed by atoms with Gasteiger partial charge in [0.15, 0.2) is 0 Å². The lowest BCUT2D eigenvalue weighted by molar-refractivity contribution is -0.134. The van der Waals surface area contributed by atoms with Gasteiger partial charge >= 0.3 is 6.09 Å². The van der Waals surface area contributed by atoms with Crippen LogP contribution < -0.4 is 10.2 Å². The summed E-state index contributed by atoms with van der Waals surface area (Å²) in [7, 11) is 0.